The summed E-state index contributed by atoms with van der Waals surface area (Å²) in [5.41, 5.74) is 5.64. The van der Waals surface area contributed by atoms with E-state index in [1.807, 2.05) is 24.3 Å². The van der Waals surface area contributed by atoms with Crippen molar-refractivity contribution < 1.29 is 9.90 Å². The molecule has 2 aromatic rings. The van der Waals surface area contributed by atoms with Gasteiger partial charge in [0.25, 0.3) is 0 Å². The van der Waals surface area contributed by atoms with Gasteiger partial charge in [-0.25, -0.2) is 0 Å². The third kappa shape index (κ3) is 1.39. The Bertz CT molecular complexity index is 514. The van der Waals surface area contributed by atoms with Crippen molar-refractivity contribution in [2.45, 2.75) is 12.5 Å². The van der Waals surface area contributed by atoms with Crippen LogP contribution in [-0.4, -0.2) is 11.0 Å². The number of nitrogens with two attached hydrogens (primary N) is 1. The first-order chi connectivity index (χ1) is 7.03. The minimum absolute atomic E-state index is 0.540. The molecule has 0 fully saturated rings. The summed E-state index contributed by atoms with van der Waals surface area (Å²) < 4.78 is 0. The Balaban J connectivity index is 2.67. The number of H-pyrrole nitrogens is 1. The molecule has 0 radical (unpaired) electrons. The number of hydrogen-bond acceptors (Lipinski definition) is 3. The van der Waals surface area contributed by atoms with E-state index in [9.17, 15) is 9.90 Å². The molecule has 0 saturated carbocycles. The molecule has 1 atom stereocenters. The number of rotatable bonds is 2. The van der Waals surface area contributed by atoms with Gasteiger partial charge in [-0.05, 0) is 13.0 Å². The number of hydrogen-bond donors (Lipinski definition) is 2. The fraction of sp³-hybridized carbons (Fsp3) is 0.182. The van der Waals surface area contributed by atoms with Crippen LogP contribution < -0.4 is 10.8 Å². The highest BCUT2D eigenvalue weighted by Gasteiger charge is 2.25. The molecule has 0 aliphatic carbocycles. The predicted octanol–water partition coefficient (Wildman–Crippen LogP) is 0.0917. The number of carboxylic acids is 1. The van der Waals surface area contributed by atoms with Crippen molar-refractivity contribution in [3.63, 3.8) is 0 Å². The van der Waals surface area contributed by atoms with Crippen molar-refractivity contribution in [1.82, 2.24) is 4.98 Å². The van der Waals surface area contributed by atoms with Crippen LogP contribution in [0.4, 0.5) is 0 Å². The smallest absolute Gasteiger partial charge is 0.0803 e. The zero-order valence-electron chi connectivity index (χ0n) is 8.28. The van der Waals surface area contributed by atoms with Gasteiger partial charge < -0.3 is 20.6 Å². The number of carbonyl (C=O) groups is 1. The van der Waals surface area contributed by atoms with Crippen LogP contribution in [0.5, 0.6) is 0 Å². The number of aromatic amines is 1. The van der Waals surface area contributed by atoms with E-state index in [-0.39, 0.29) is 0 Å². The molecule has 0 amide bonds. The Kier molecular flexibility index (Phi) is 2.01. The van der Waals surface area contributed by atoms with Crippen molar-refractivity contribution in [3.05, 3.63) is 36.0 Å². The number of carboxylic acid groups (broad SMARTS) is 1. The Morgan fingerprint density at radius 1 is 1.47 bits per heavy atom. The van der Waals surface area contributed by atoms with Gasteiger partial charge in [0.05, 0.1) is 11.5 Å². The number of nitrogens with one attached hydrogen (secondary N) is 1. The fourth-order valence-corrected chi connectivity index (χ4v) is 1.61. The van der Waals surface area contributed by atoms with Crippen LogP contribution >= 0.6 is 0 Å². The Labute approximate surface area is 86.7 Å². The van der Waals surface area contributed by atoms with Gasteiger partial charge in [0, 0.05) is 22.7 Å². The Morgan fingerprint density at radius 3 is 2.80 bits per heavy atom. The van der Waals surface area contributed by atoms with E-state index < -0.39 is 11.5 Å². The normalized spacial score (nSPS) is 15.1. The van der Waals surface area contributed by atoms with E-state index in [0.717, 1.165) is 10.9 Å². The van der Waals surface area contributed by atoms with Crippen LogP contribution in [-0.2, 0) is 10.3 Å². The number of carbonyl (C=O) groups excluding carboxylic acids is 1. The van der Waals surface area contributed by atoms with Crippen LogP contribution in [0.25, 0.3) is 10.9 Å². The van der Waals surface area contributed by atoms with Gasteiger partial charge in [-0.2, -0.15) is 0 Å². The van der Waals surface area contributed by atoms with Crippen molar-refractivity contribution in [2.24, 2.45) is 5.73 Å². The minimum Gasteiger partial charge on any atom is -0.548 e. The van der Waals surface area contributed by atoms with Gasteiger partial charge >= 0.3 is 0 Å². The van der Waals surface area contributed by atoms with E-state index in [4.69, 9.17) is 5.73 Å². The molecule has 4 heteroatoms. The summed E-state index contributed by atoms with van der Waals surface area (Å²) in [6.45, 7) is 1.43. The molecular formula is C11H11N2O2-. The molecule has 0 saturated heterocycles. The molecule has 2 rings (SSSR count). The first-order valence-electron chi connectivity index (χ1n) is 4.60. The van der Waals surface area contributed by atoms with E-state index >= 15 is 0 Å². The quantitative estimate of drug-likeness (QED) is 0.725. The third-order valence-electron chi connectivity index (χ3n) is 2.57. The first-order valence-corrected chi connectivity index (χ1v) is 4.60. The summed E-state index contributed by atoms with van der Waals surface area (Å²) in [4.78, 5) is 13.9. The molecule has 15 heavy (non-hydrogen) atoms. The maximum Gasteiger partial charge on any atom is 0.0803 e. The van der Waals surface area contributed by atoms with Gasteiger partial charge in [0.15, 0.2) is 0 Å². The van der Waals surface area contributed by atoms with E-state index in [2.05, 4.69) is 4.98 Å². The second-order valence-corrected chi connectivity index (χ2v) is 3.74. The topological polar surface area (TPSA) is 81.9 Å². The zero-order valence-corrected chi connectivity index (χ0v) is 8.28. The van der Waals surface area contributed by atoms with E-state index in [0.29, 0.717) is 5.56 Å². The van der Waals surface area contributed by atoms with E-state index in [1.54, 1.807) is 6.20 Å². The largest absolute Gasteiger partial charge is 0.548 e. The van der Waals surface area contributed by atoms with Gasteiger partial charge in [-0.3, -0.25) is 0 Å². The third-order valence-corrected chi connectivity index (χ3v) is 2.57. The minimum atomic E-state index is -1.47. The summed E-state index contributed by atoms with van der Waals surface area (Å²) in [6.07, 6.45) is 1.61. The molecule has 1 unspecified atom stereocenters. The average Bonchev–Trinajstić information content (AvgIpc) is 2.61. The van der Waals surface area contributed by atoms with Crippen LogP contribution in [0.15, 0.2) is 30.5 Å². The highest BCUT2D eigenvalue weighted by atomic mass is 16.4. The van der Waals surface area contributed by atoms with Crippen molar-refractivity contribution in [1.29, 1.82) is 0 Å². The molecule has 0 aliphatic rings. The lowest BCUT2D eigenvalue weighted by molar-refractivity contribution is -0.313. The van der Waals surface area contributed by atoms with Crippen molar-refractivity contribution in [3.8, 4) is 0 Å². The van der Waals surface area contributed by atoms with Gasteiger partial charge in [-0.15, -0.1) is 0 Å². The lowest BCUT2D eigenvalue weighted by Gasteiger charge is -2.25. The van der Waals surface area contributed by atoms with Gasteiger partial charge in [0.1, 0.15) is 0 Å². The number of benzene rings is 1. The highest BCUT2D eigenvalue weighted by Crippen LogP contribution is 2.26. The monoisotopic (exact) mass is 203 g/mol. The molecule has 0 aliphatic heterocycles. The van der Waals surface area contributed by atoms with Crippen LogP contribution in [0.2, 0.25) is 0 Å². The summed E-state index contributed by atoms with van der Waals surface area (Å²) in [5, 5.41) is 11.7. The van der Waals surface area contributed by atoms with Crippen molar-refractivity contribution >= 4 is 16.9 Å². The summed E-state index contributed by atoms with van der Waals surface area (Å²) in [5.74, 6) is -1.28. The average molecular weight is 203 g/mol. The second-order valence-electron chi connectivity index (χ2n) is 3.74. The lowest BCUT2D eigenvalue weighted by Crippen LogP contribution is -2.50. The maximum absolute atomic E-state index is 10.9. The zero-order chi connectivity index (χ0) is 11.1. The van der Waals surface area contributed by atoms with Gasteiger partial charge in [0.2, 0.25) is 0 Å². The molecule has 1 aromatic heterocycles. The molecule has 1 heterocycles. The Morgan fingerprint density at radius 2 is 2.13 bits per heavy atom. The molecular weight excluding hydrogens is 192 g/mol. The lowest BCUT2D eigenvalue weighted by atomic mass is 9.93. The van der Waals surface area contributed by atoms with Crippen LogP contribution in [0, 0.1) is 0 Å². The second kappa shape index (κ2) is 3.10. The number of fused-ring (bicyclic) bond motifs is 1. The summed E-state index contributed by atoms with van der Waals surface area (Å²) >= 11 is 0. The molecule has 3 N–H and O–H groups in total. The first kappa shape index (κ1) is 9.73. The summed E-state index contributed by atoms with van der Waals surface area (Å²) in [7, 11) is 0. The molecule has 0 spiro atoms. The maximum atomic E-state index is 10.9. The van der Waals surface area contributed by atoms with Crippen LogP contribution in [0.1, 0.15) is 12.5 Å². The van der Waals surface area contributed by atoms with Gasteiger partial charge in [-0.1, -0.05) is 18.2 Å². The number of para-hydroxylation sites is 1. The number of aromatic nitrogens is 1. The van der Waals surface area contributed by atoms with Crippen LogP contribution in [0.3, 0.4) is 0 Å². The molecule has 1 aromatic carbocycles. The van der Waals surface area contributed by atoms with Crippen molar-refractivity contribution in [2.75, 3.05) is 0 Å². The highest BCUT2D eigenvalue weighted by molar-refractivity contribution is 5.90. The molecule has 78 valence electrons. The fourth-order valence-electron chi connectivity index (χ4n) is 1.61. The Hall–Kier alpha value is -1.81. The molecule has 4 nitrogen and oxygen atoms in total. The molecule has 0 bridgehead atoms. The number of aliphatic carboxylic acids is 1. The standard InChI is InChI=1S/C11H12N2O2/c1-11(12,10(14)15)8-6-13-9-5-3-2-4-7(8)9/h2-6,13H,12H2,1H3,(H,14,15)/p-1. The summed E-state index contributed by atoms with van der Waals surface area (Å²) in [6, 6.07) is 7.40. The SMILES string of the molecule is CC(N)(C(=O)[O-])c1c[nH]c2ccccc12. The van der Waals surface area contributed by atoms with E-state index in [1.165, 1.54) is 6.92 Å². The predicted molar refractivity (Wildman–Crippen MR) is 54.8 cm³/mol.